The fourth-order valence-corrected chi connectivity index (χ4v) is 9.95. The molecule has 5 nitrogen and oxygen atoms in total. The third-order valence-corrected chi connectivity index (χ3v) is 14.0. The molecule has 0 N–H and O–H groups in total. The number of hydrogen-bond donors (Lipinski definition) is 0. The van der Waals surface area contributed by atoms with Crippen molar-refractivity contribution in [3.63, 3.8) is 0 Å². The zero-order valence-corrected chi connectivity index (χ0v) is 40.1. The molecule has 0 unspecified atom stereocenters. The highest BCUT2D eigenvalue weighted by atomic mass is 16.5. The lowest BCUT2D eigenvalue weighted by Crippen LogP contribution is -2.33. The second-order valence-electron chi connectivity index (χ2n) is 20.9. The summed E-state index contributed by atoms with van der Waals surface area (Å²) in [4.78, 5) is 8.83. The fraction of sp³-hybridized carbons (Fsp3) is 0.254. The number of nitrogens with zero attached hydrogens (tertiary/aromatic N) is 4. The second-order valence-corrected chi connectivity index (χ2v) is 20.9. The summed E-state index contributed by atoms with van der Waals surface area (Å²) < 4.78 is 119. The van der Waals surface area contributed by atoms with Crippen molar-refractivity contribution < 1.29 is 21.2 Å². The normalized spacial score (nSPS) is 17.7. The molecule has 0 atom stereocenters. The Morgan fingerprint density at radius 1 is 0.632 bits per heavy atom. The largest absolute Gasteiger partial charge is 0.457 e. The average Bonchev–Trinajstić information content (AvgIpc) is 4.15. The van der Waals surface area contributed by atoms with Crippen LogP contribution in [0.2, 0.25) is 0 Å². The number of hydrogen-bond acceptors (Lipinski definition) is 4. The summed E-state index contributed by atoms with van der Waals surface area (Å²) >= 11 is 0. The number of pyridine rings is 1. The Labute approximate surface area is 419 Å². The van der Waals surface area contributed by atoms with E-state index in [4.69, 9.17) is 19.3 Å². The van der Waals surface area contributed by atoms with Crippen LogP contribution in [0.5, 0.6) is 11.5 Å². The van der Waals surface area contributed by atoms with E-state index in [1.165, 1.54) is 0 Å². The van der Waals surface area contributed by atoms with Gasteiger partial charge in [-0.15, -0.1) is 0 Å². The first-order valence-electron chi connectivity index (χ1n) is 29.5. The summed E-state index contributed by atoms with van der Waals surface area (Å²) in [5, 5.41) is 0.977. The lowest BCUT2D eigenvalue weighted by atomic mass is 9.63. The summed E-state index contributed by atoms with van der Waals surface area (Å²) in [6.07, 6.45) is 3.25. The van der Waals surface area contributed by atoms with Crippen molar-refractivity contribution in [2.45, 2.75) is 97.3 Å². The average molecular weight is 903 g/mol. The van der Waals surface area contributed by atoms with Crippen molar-refractivity contribution in [2.24, 2.45) is 0 Å². The van der Waals surface area contributed by atoms with Crippen LogP contribution in [0, 0.1) is 0 Å². The van der Waals surface area contributed by atoms with E-state index in [2.05, 4.69) is 46.4 Å². The molecule has 340 valence electrons. The summed E-state index contributed by atoms with van der Waals surface area (Å²) in [7, 11) is 0. The minimum atomic E-state index is -0.572. The zero-order valence-electron chi connectivity index (χ0n) is 52.1. The molecule has 2 aliphatic rings. The Balaban J connectivity index is 1.10. The number of rotatable bonds is 8. The van der Waals surface area contributed by atoms with Gasteiger partial charge in [-0.2, -0.15) is 0 Å². The van der Waals surface area contributed by atoms with Crippen molar-refractivity contribution in [1.82, 2.24) is 9.55 Å². The molecule has 5 heteroatoms. The molecule has 1 aliphatic heterocycles. The van der Waals surface area contributed by atoms with Gasteiger partial charge in [0.05, 0.1) is 44.5 Å². The lowest BCUT2D eigenvalue weighted by Gasteiger charge is -2.42. The Morgan fingerprint density at radius 2 is 1.32 bits per heavy atom. The monoisotopic (exact) mass is 903 g/mol. The van der Waals surface area contributed by atoms with Crippen molar-refractivity contribution in [3.8, 4) is 39.6 Å². The molecule has 0 fully saturated rings. The third kappa shape index (κ3) is 7.53. The van der Waals surface area contributed by atoms with Crippen LogP contribution in [-0.4, -0.2) is 16.2 Å². The topological polar surface area (TPSA) is 33.5 Å². The van der Waals surface area contributed by atoms with E-state index in [1.807, 2.05) is 111 Å². The minimum Gasteiger partial charge on any atom is -0.457 e. The number of fused-ring (bicyclic) bond motifs is 5. The van der Waals surface area contributed by atoms with Gasteiger partial charge < -0.3 is 14.5 Å². The molecule has 1 aliphatic carbocycles. The van der Waals surface area contributed by atoms with E-state index in [1.54, 1.807) is 16.8 Å². The predicted molar refractivity (Wildman–Crippen MR) is 286 cm³/mol. The molecule has 3 heterocycles. The van der Waals surface area contributed by atoms with Gasteiger partial charge in [-0.3, -0.25) is 4.57 Å². The van der Waals surface area contributed by atoms with Gasteiger partial charge in [0.15, 0.2) is 0 Å². The molecule has 0 bridgehead atoms. The van der Waals surface area contributed by atoms with Crippen LogP contribution in [-0.2, 0) is 16.2 Å². The predicted octanol–water partition coefficient (Wildman–Crippen LogP) is 17.3. The van der Waals surface area contributed by atoms with Gasteiger partial charge >= 0.3 is 0 Å². The highest BCUT2D eigenvalue weighted by Crippen LogP contribution is 2.53. The minimum absolute atomic E-state index is 0.0224. The molecule has 11 rings (SSSR count). The van der Waals surface area contributed by atoms with E-state index < -0.39 is 46.5 Å². The van der Waals surface area contributed by atoms with E-state index in [-0.39, 0.29) is 66.0 Å². The van der Waals surface area contributed by atoms with Gasteiger partial charge in [0.2, 0.25) is 0 Å². The van der Waals surface area contributed by atoms with Crippen molar-refractivity contribution >= 4 is 44.6 Å². The highest BCUT2D eigenvalue weighted by Gasteiger charge is 2.38. The van der Waals surface area contributed by atoms with Crippen molar-refractivity contribution in [1.29, 1.82) is 0 Å². The van der Waals surface area contributed by atoms with E-state index in [0.717, 1.165) is 35.3 Å². The first kappa shape index (κ1) is 31.8. The molecule has 7 aromatic carbocycles. The molecule has 68 heavy (non-hydrogen) atoms. The van der Waals surface area contributed by atoms with Gasteiger partial charge in [-0.1, -0.05) is 147 Å². The molecule has 0 saturated heterocycles. The number of benzene rings is 7. The van der Waals surface area contributed by atoms with Crippen LogP contribution in [0.4, 0.5) is 22.7 Å². The fourth-order valence-electron chi connectivity index (χ4n) is 9.95. The maximum atomic E-state index is 10.3. The highest BCUT2D eigenvalue weighted by molar-refractivity contribution is 6.09. The Hall–Kier alpha value is -7.11. The molecule has 9 aromatic rings. The maximum Gasteiger partial charge on any atom is 0.137 e. The zero-order chi connectivity index (χ0) is 57.6. The Bertz CT molecular complexity index is 4070. The van der Waals surface area contributed by atoms with Gasteiger partial charge in [-0.05, 0) is 135 Å². The third-order valence-electron chi connectivity index (χ3n) is 14.0. The molecular formula is C63H62N4O. The smallest absolute Gasteiger partial charge is 0.137 e. The molecule has 0 saturated carbocycles. The van der Waals surface area contributed by atoms with Gasteiger partial charge in [0.1, 0.15) is 24.0 Å². The quantitative estimate of drug-likeness (QED) is 0.152. The maximum absolute atomic E-state index is 10.3. The first-order chi connectivity index (χ1) is 37.6. The Kier molecular flexibility index (Phi) is 7.62. The molecule has 0 amide bonds. The number of para-hydroxylation sites is 3. The summed E-state index contributed by atoms with van der Waals surface area (Å²) in [6.45, 7) is 18.7. The van der Waals surface area contributed by atoms with Gasteiger partial charge in [0, 0.05) is 45.9 Å². The second kappa shape index (κ2) is 16.3. The van der Waals surface area contributed by atoms with Crippen LogP contribution in [0.3, 0.4) is 0 Å². The summed E-state index contributed by atoms with van der Waals surface area (Å²) in [5.41, 5.74) is 6.09. The summed E-state index contributed by atoms with van der Waals surface area (Å²) in [6, 6.07) is 25.2. The van der Waals surface area contributed by atoms with E-state index in [0.29, 0.717) is 72.8 Å². The van der Waals surface area contributed by atoms with Crippen LogP contribution in [0.15, 0.2) is 170 Å². The number of anilines is 4. The molecule has 0 radical (unpaired) electrons. The first-order valence-corrected chi connectivity index (χ1v) is 23.5. The SMILES string of the molecule is [2H]c1c([2H])c([2H])c(-c2cc(C(C)(C)C)cc(-c3c([2H])c([2H])c4c(c3[2H])C(C)(C)CCC4(C)C)c2N2CN(c3cccc(Oc4ccc5c6c([2H])c([2H])c([2H])c([2H])c6n(-c6cc(C(C)C)ccn6)c5c4)c3)c3ccccc32)c([2H])c1[2H]. The van der Waals surface area contributed by atoms with Crippen molar-refractivity contribution in [3.05, 3.63) is 192 Å². The van der Waals surface area contributed by atoms with Crippen LogP contribution in [0.25, 0.3) is 49.9 Å². The van der Waals surface area contributed by atoms with Gasteiger partial charge in [-0.25, -0.2) is 4.98 Å². The van der Waals surface area contributed by atoms with Crippen LogP contribution < -0.4 is 14.5 Å². The van der Waals surface area contributed by atoms with Crippen LogP contribution >= 0.6 is 0 Å². The van der Waals surface area contributed by atoms with E-state index in [9.17, 15) is 6.85 Å². The Morgan fingerprint density at radius 3 is 2.07 bits per heavy atom. The lowest BCUT2D eigenvalue weighted by molar-refractivity contribution is 0.332. The molecule has 0 spiro atoms. The van der Waals surface area contributed by atoms with Crippen LogP contribution in [0.1, 0.15) is 120 Å². The summed E-state index contributed by atoms with van der Waals surface area (Å²) in [5.74, 6) is 1.58. The number of aromatic nitrogens is 2. The molecular weight excluding hydrogens is 829 g/mol. The molecule has 2 aromatic heterocycles. The standard InChI is InChI=1S/C63H62N4O/c1-41(2)43-30-33-64-59(35-43)67-55-23-14-13-22-49(55)50-28-27-48(39-58(50)67)68-47-21-17-20-46(38-47)65-40-66(57-25-16-15-24-56(57)65)60-51(42-18-11-10-12-19-42)36-45(61(3,4)5)37-52(60)44-26-29-53-54(34-44)63(8,9)32-31-62(53,6)7/h10-30,33-39,41H,31-32,40H2,1-9H3/i10D,11D,12D,13D,14D,18D,19D,22D,23D,26D,29D,34D. The van der Waals surface area contributed by atoms with E-state index >= 15 is 0 Å². The van der Waals surface area contributed by atoms with Gasteiger partial charge in [0.25, 0.3) is 0 Å². The van der Waals surface area contributed by atoms with Crippen molar-refractivity contribution in [2.75, 3.05) is 16.5 Å². The number of ether oxygens (including phenoxy) is 1.